The molecule has 2 rings (SSSR count). The fourth-order valence-corrected chi connectivity index (χ4v) is 2.76. The third-order valence-corrected chi connectivity index (χ3v) is 4.07. The average Bonchev–Trinajstić information content (AvgIpc) is 3.00. The van der Waals surface area contributed by atoms with Gasteiger partial charge in [-0.05, 0) is 49.9 Å². The molecular formula is C16H24N2O2. The van der Waals surface area contributed by atoms with Crippen LogP contribution in [0.15, 0.2) is 24.3 Å². The fraction of sp³-hybridized carbons (Fsp3) is 0.562. The molecule has 0 heterocycles. The molecule has 0 bridgehead atoms. The highest BCUT2D eigenvalue weighted by molar-refractivity contribution is 5.92. The summed E-state index contributed by atoms with van der Waals surface area (Å²) in [5.74, 6) is 1.51. The standard InChI is InChI=1S/C16H24N2O2/c1-12(13-5-3-4-6-13)17-11-16(19)18-14-7-9-15(20-2)10-8-14/h7-10,12-13,17H,3-6,11H2,1-2H3,(H,18,19)/t12-/m0/s1. The second kappa shape index (κ2) is 7.29. The molecule has 0 aliphatic heterocycles. The molecule has 1 fully saturated rings. The first-order valence-corrected chi connectivity index (χ1v) is 7.36. The van der Waals surface area contributed by atoms with Crippen LogP contribution in [-0.4, -0.2) is 25.6 Å². The van der Waals surface area contributed by atoms with Crippen LogP contribution in [0, 0.1) is 5.92 Å². The van der Waals surface area contributed by atoms with Crippen molar-refractivity contribution < 1.29 is 9.53 Å². The molecule has 110 valence electrons. The van der Waals surface area contributed by atoms with E-state index in [0.29, 0.717) is 12.6 Å². The summed E-state index contributed by atoms with van der Waals surface area (Å²) in [6.45, 7) is 2.54. The Morgan fingerprint density at radius 2 is 1.95 bits per heavy atom. The van der Waals surface area contributed by atoms with E-state index in [2.05, 4.69) is 17.6 Å². The SMILES string of the molecule is COc1ccc(NC(=O)CN[C@@H](C)C2CCCC2)cc1. The predicted molar refractivity (Wildman–Crippen MR) is 81.0 cm³/mol. The molecule has 0 unspecified atom stereocenters. The van der Waals surface area contributed by atoms with E-state index in [9.17, 15) is 4.79 Å². The summed E-state index contributed by atoms with van der Waals surface area (Å²) in [7, 11) is 1.63. The Hall–Kier alpha value is -1.55. The molecule has 4 heteroatoms. The Labute approximate surface area is 120 Å². The summed E-state index contributed by atoms with van der Waals surface area (Å²) in [4.78, 5) is 11.9. The maximum atomic E-state index is 11.9. The van der Waals surface area contributed by atoms with E-state index in [0.717, 1.165) is 17.4 Å². The number of carbonyl (C=O) groups is 1. The number of methoxy groups -OCH3 is 1. The van der Waals surface area contributed by atoms with Gasteiger partial charge >= 0.3 is 0 Å². The topological polar surface area (TPSA) is 50.4 Å². The van der Waals surface area contributed by atoms with E-state index < -0.39 is 0 Å². The molecular weight excluding hydrogens is 252 g/mol. The van der Waals surface area contributed by atoms with Gasteiger partial charge in [0.1, 0.15) is 5.75 Å². The normalized spacial score (nSPS) is 16.9. The molecule has 1 saturated carbocycles. The van der Waals surface area contributed by atoms with Crippen LogP contribution in [0.4, 0.5) is 5.69 Å². The zero-order valence-electron chi connectivity index (χ0n) is 12.3. The van der Waals surface area contributed by atoms with E-state index in [1.807, 2.05) is 24.3 Å². The Morgan fingerprint density at radius 3 is 2.55 bits per heavy atom. The lowest BCUT2D eigenvalue weighted by Crippen LogP contribution is -2.38. The third kappa shape index (κ3) is 4.23. The highest BCUT2D eigenvalue weighted by Gasteiger charge is 2.21. The van der Waals surface area contributed by atoms with Gasteiger partial charge in [0.25, 0.3) is 0 Å². The van der Waals surface area contributed by atoms with E-state index in [-0.39, 0.29) is 5.91 Å². The van der Waals surface area contributed by atoms with Gasteiger partial charge in [0.05, 0.1) is 13.7 Å². The van der Waals surface area contributed by atoms with Crippen LogP contribution in [0.25, 0.3) is 0 Å². The summed E-state index contributed by atoms with van der Waals surface area (Å²) >= 11 is 0. The summed E-state index contributed by atoms with van der Waals surface area (Å²) in [5, 5.41) is 6.21. The number of hydrogen-bond acceptors (Lipinski definition) is 3. The number of benzene rings is 1. The summed E-state index contributed by atoms with van der Waals surface area (Å²) in [6.07, 6.45) is 5.23. The second-order valence-electron chi connectivity index (χ2n) is 5.49. The molecule has 2 N–H and O–H groups in total. The first-order chi connectivity index (χ1) is 9.69. The lowest BCUT2D eigenvalue weighted by atomic mass is 10.00. The minimum Gasteiger partial charge on any atom is -0.497 e. The van der Waals surface area contributed by atoms with Crippen LogP contribution >= 0.6 is 0 Å². The Bertz CT molecular complexity index is 425. The van der Waals surface area contributed by atoms with Gasteiger partial charge in [-0.15, -0.1) is 0 Å². The van der Waals surface area contributed by atoms with Crippen LogP contribution in [-0.2, 0) is 4.79 Å². The van der Waals surface area contributed by atoms with Crippen molar-refractivity contribution in [2.24, 2.45) is 5.92 Å². The van der Waals surface area contributed by atoms with E-state index in [1.165, 1.54) is 25.7 Å². The van der Waals surface area contributed by atoms with Gasteiger partial charge in [0, 0.05) is 11.7 Å². The Kier molecular flexibility index (Phi) is 5.41. The maximum absolute atomic E-state index is 11.9. The quantitative estimate of drug-likeness (QED) is 0.840. The van der Waals surface area contributed by atoms with Gasteiger partial charge in [0.15, 0.2) is 0 Å². The molecule has 1 aromatic carbocycles. The van der Waals surface area contributed by atoms with Gasteiger partial charge in [-0.2, -0.15) is 0 Å². The zero-order valence-corrected chi connectivity index (χ0v) is 12.3. The van der Waals surface area contributed by atoms with Crippen molar-refractivity contribution in [2.75, 3.05) is 19.0 Å². The number of carbonyl (C=O) groups excluding carboxylic acids is 1. The summed E-state index contributed by atoms with van der Waals surface area (Å²) < 4.78 is 5.09. The molecule has 1 amide bonds. The largest absolute Gasteiger partial charge is 0.497 e. The molecule has 20 heavy (non-hydrogen) atoms. The summed E-state index contributed by atoms with van der Waals surface area (Å²) in [6, 6.07) is 7.78. The van der Waals surface area contributed by atoms with Crippen LogP contribution < -0.4 is 15.4 Å². The first kappa shape index (κ1) is 14.9. The van der Waals surface area contributed by atoms with E-state index in [4.69, 9.17) is 4.74 Å². The number of ether oxygens (including phenoxy) is 1. The maximum Gasteiger partial charge on any atom is 0.238 e. The van der Waals surface area contributed by atoms with Crippen molar-refractivity contribution in [1.82, 2.24) is 5.32 Å². The third-order valence-electron chi connectivity index (χ3n) is 4.07. The van der Waals surface area contributed by atoms with Crippen molar-refractivity contribution in [3.8, 4) is 5.75 Å². The van der Waals surface area contributed by atoms with Crippen molar-refractivity contribution in [1.29, 1.82) is 0 Å². The lowest BCUT2D eigenvalue weighted by molar-refractivity contribution is -0.115. The second-order valence-corrected chi connectivity index (χ2v) is 5.49. The number of rotatable bonds is 6. The number of amides is 1. The lowest BCUT2D eigenvalue weighted by Gasteiger charge is -2.20. The van der Waals surface area contributed by atoms with Crippen molar-refractivity contribution >= 4 is 11.6 Å². The number of anilines is 1. The number of hydrogen-bond donors (Lipinski definition) is 2. The first-order valence-electron chi connectivity index (χ1n) is 7.36. The molecule has 0 saturated heterocycles. The minimum atomic E-state index is 0.0000128. The molecule has 1 atom stereocenters. The Morgan fingerprint density at radius 1 is 1.30 bits per heavy atom. The molecule has 1 aromatic rings. The van der Waals surface area contributed by atoms with Gasteiger partial charge in [0.2, 0.25) is 5.91 Å². The Balaban J connectivity index is 1.74. The monoisotopic (exact) mass is 276 g/mol. The van der Waals surface area contributed by atoms with Gasteiger partial charge < -0.3 is 15.4 Å². The molecule has 0 radical (unpaired) electrons. The van der Waals surface area contributed by atoms with Crippen LogP contribution in [0.1, 0.15) is 32.6 Å². The highest BCUT2D eigenvalue weighted by Crippen LogP contribution is 2.27. The van der Waals surface area contributed by atoms with Gasteiger partial charge in [-0.3, -0.25) is 4.79 Å². The minimum absolute atomic E-state index is 0.0000128. The molecule has 1 aliphatic rings. The summed E-state index contributed by atoms with van der Waals surface area (Å²) in [5.41, 5.74) is 0.797. The van der Waals surface area contributed by atoms with Gasteiger partial charge in [-0.1, -0.05) is 12.8 Å². The zero-order chi connectivity index (χ0) is 14.4. The molecule has 4 nitrogen and oxygen atoms in total. The molecule has 0 spiro atoms. The van der Waals surface area contributed by atoms with Gasteiger partial charge in [-0.25, -0.2) is 0 Å². The van der Waals surface area contributed by atoms with Crippen molar-refractivity contribution in [3.63, 3.8) is 0 Å². The fourth-order valence-electron chi connectivity index (χ4n) is 2.76. The molecule has 1 aliphatic carbocycles. The van der Waals surface area contributed by atoms with Crippen molar-refractivity contribution in [3.05, 3.63) is 24.3 Å². The smallest absolute Gasteiger partial charge is 0.238 e. The predicted octanol–water partition coefficient (Wildman–Crippen LogP) is 2.80. The van der Waals surface area contributed by atoms with E-state index >= 15 is 0 Å². The van der Waals surface area contributed by atoms with Crippen molar-refractivity contribution in [2.45, 2.75) is 38.6 Å². The molecule has 0 aromatic heterocycles. The van der Waals surface area contributed by atoms with Crippen LogP contribution in [0.5, 0.6) is 5.75 Å². The number of nitrogens with one attached hydrogen (secondary N) is 2. The average molecular weight is 276 g/mol. The highest BCUT2D eigenvalue weighted by atomic mass is 16.5. The van der Waals surface area contributed by atoms with Crippen LogP contribution in [0.3, 0.4) is 0 Å². The van der Waals surface area contributed by atoms with Crippen LogP contribution in [0.2, 0.25) is 0 Å². The van der Waals surface area contributed by atoms with E-state index in [1.54, 1.807) is 7.11 Å².